The number of nitrogens with one attached hydrogen (secondary N) is 1. The van der Waals surface area contributed by atoms with Gasteiger partial charge in [0.2, 0.25) is 0 Å². The van der Waals surface area contributed by atoms with Gasteiger partial charge >= 0.3 is 0 Å². The fraction of sp³-hybridized carbons (Fsp3) is 0.185. The van der Waals surface area contributed by atoms with Gasteiger partial charge in [0, 0.05) is 5.69 Å². The minimum atomic E-state index is -0.437. The molecule has 3 aromatic carbocycles. The highest BCUT2D eigenvalue weighted by Gasteiger charge is 2.41. The molecule has 0 bridgehead atoms. The minimum Gasteiger partial charge on any atom is -0.495 e. The van der Waals surface area contributed by atoms with Gasteiger partial charge in [-0.3, -0.25) is 9.59 Å². The first-order valence-electron chi connectivity index (χ1n) is 10.8. The molecular weight excluding hydrogens is 416 g/mol. The third-order valence-corrected chi connectivity index (χ3v) is 5.43. The molecular formula is C27H26N2O4. The van der Waals surface area contributed by atoms with Gasteiger partial charge in [-0.15, -0.1) is 0 Å². The molecule has 0 saturated carbocycles. The lowest BCUT2D eigenvalue weighted by molar-refractivity contribution is -0.120. The van der Waals surface area contributed by atoms with Crippen LogP contribution in [0.2, 0.25) is 0 Å². The standard InChI is InChI=1S/C27H26N2O4/c1-5-33-21-13-11-20(12-14-21)28-25-24(19-9-6-17(2)7-10-19)26(30)29(27(25)31)22-16-18(3)8-15-23(22)32-4/h6-16,28H,5H2,1-4H3. The predicted molar refractivity (Wildman–Crippen MR) is 130 cm³/mol. The summed E-state index contributed by atoms with van der Waals surface area (Å²) in [6.07, 6.45) is 0. The number of aryl methyl sites for hydroxylation is 2. The van der Waals surface area contributed by atoms with Crippen LogP contribution < -0.4 is 19.7 Å². The number of benzene rings is 3. The minimum absolute atomic E-state index is 0.219. The second kappa shape index (κ2) is 9.20. The van der Waals surface area contributed by atoms with Crippen LogP contribution in [0.5, 0.6) is 11.5 Å². The van der Waals surface area contributed by atoms with Crippen LogP contribution in [-0.2, 0) is 9.59 Å². The average molecular weight is 443 g/mol. The second-order valence-corrected chi connectivity index (χ2v) is 7.82. The van der Waals surface area contributed by atoms with Crippen molar-refractivity contribution in [3.8, 4) is 11.5 Å². The summed E-state index contributed by atoms with van der Waals surface area (Å²) in [7, 11) is 1.52. The predicted octanol–water partition coefficient (Wildman–Crippen LogP) is 5.11. The molecule has 168 valence electrons. The largest absolute Gasteiger partial charge is 0.495 e. The van der Waals surface area contributed by atoms with E-state index in [2.05, 4.69) is 5.32 Å². The summed E-state index contributed by atoms with van der Waals surface area (Å²) in [5, 5.41) is 3.18. The molecule has 1 aliphatic rings. The fourth-order valence-corrected chi connectivity index (χ4v) is 3.77. The second-order valence-electron chi connectivity index (χ2n) is 7.82. The molecule has 1 N–H and O–H groups in total. The van der Waals surface area contributed by atoms with E-state index >= 15 is 0 Å². The molecule has 33 heavy (non-hydrogen) atoms. The number of rotatable bonds is 7. The summed E-state index contributed by atoms with van der Waals surface area (Å²) in [5.41, 5.74) is 4.28. The van der Waals surface area contributed by atoms with Gasteiger partial charge < -0.3 is 14.8 Å². The SMILES string of the molecule is CCOc1ccc(NC2=C(c3ccc(C)cc3)C(=O)N(c3cc(C)ccc3OC)C2=O)cc1. The zero-order valence-corrected chi connectivity index (χ0v) is 19.1. The highest BCUT2D eigenvalue weighted by molar-refractivity contribution is 6.46. The van der Waals surface area contributed by atoms with Crippen LogP contribution in [0.4, 0.5) is 11.4 Å². The molecule has 4 rings (SSSR count). The van der Waals surface area contributed by atoms with Crippen LogP contribution >= 0.6 is 0 Å². The molecule has 3 aromatic rings. The molecule has 0 aromatic heterocycles. The number of carbonyl (C=O) groups excluding carboxylic acids is 2. The molecule has 0 spiro atoms. The van der Waals surface area contributed by atoms with E-state index < -0.39 is 11.8 Å². The Morgan fingerprint density at radius 3 is 2.15 bits per heavy atom. The van der Waals surface area contributed by atoms with Gasteiger partial charge in [0.15, 0.2) is 0 Å². The Morgan fingerprint density at radius 1 is 0.848 bits per heavy atom. The summed E-state index contributed by atoms with van der Waals surface area (Å²) in [5.74, 6) is 0.346. The maximum atomic E-state index is 13.7. The molecule has 2 amide bonds. The Morgan fingerprint density at radius 2 is 1.52 bits per heavy atom. The zero-order valence-electron chi connectivity index (χ0n) is 19.1. The van der Waals surface area contributed by atoms with Gasteiger partial charge in [0.1, 0.15) is 17.2 Å². The molecule has 0 saturated heterocycles. The topological polar surface area (TPSA) is 67.9 Å². The molecule has 0 fully saturated rings. The third kappa shape index (κ3) is 4.32. The van der Waals surface area contributed by atoms with Gasteiger partial charge in [0.25, 0.3) is 11.8 Å². The van der Waals surface area contributed by atoms with E-state index in [1.165, 1.54) is 12.0 Å². The highest BCUT2D eigenvalue weighted by atomic mass is 16.5. The van der Waals surface area contributed by atoms with Crippen LogP contribution in [0.1, 0.15) is 23.6 Å². The number of methoxy groups -OCH3 is 1. The summed E-state index contributed by atoms with van der Waals surface area (Å²) in [6, 6.07) is 20.2. The monoisotopic (exact) mass is 442 g/mol. The van der Waals surface area contributed by atoms with E-state index in [0.717, 1.165) is 16.9 Å². The Kier molecular flexibility index (Phi) is 6.18. The van der Waals surface area contributed by atoms with Crippen molar-refractivity contribution in [1.29, 1.82) is 0 Å². The van der Waals surface area contributed by atoms with E-state index in [9.17, 15) is 9.59 Å². The van der Waals surface area contributed by atoms with Gasteiger partial charge in [-0.05, 0) is 68.3 Å². The van der Waals surface area contributed by atoms with Crippen molar-refractivity contribution in [3.05, 3.63) is 89.1 Å². The lowest BCUT2D eigenvalue weighted by Gasteiger charge is -2.19. The summed E-state index contributed by atoms with van der Waals surface area (Å²) >= 11 is 0. The molecule has 0 radical (unpaired) electrons. The van der Waals surface area contributed by atoms with Crippen molar-refractivity contribution >= 4 is 28.8 Å². The summed E-state index contributed by atoms with van der Waals surface area (Å²) in [6.45, 7) is 6.36. The number of ether oxygens (including phenoxy) is 2. The van der Waals surface area contributed by atoms with Crippen molar-refractivity contribution in [2.45, 2.75) is 20.8 Å². The van der Waals surface area contributed by atoms with Gasteiger partial charge in [-0.25, -0.2) is 4.90 Å². The van der Waals surface area contributed by atoms with E-state index in [0.29, 0.717) is 34.9 Å². The average Bonchev–Trinajstić information content (AvgIpc) is 3.05. The number of anilines is 2. The Hall–Kier alpha value is -4.06. The number of carbonyl (C=O) groups is 2. The quantitative estimate of drug-likeness (QED) is 0.515. The zero-order chi connectivity index (χ0) is 23.5. The Balaban J connectivity index is 1.80. The first-order valence-corrected chi connectivity index (χ1v) is 10.8. The molecule has 0 atom stereocenters. The first-order chi connectivity index (χ1) is 15.9. The molecule has 0 aliphatic carbocycles. The number of hydrogen-bond donors (Lipinski definition) is 1. The van der Waals surface area contributed by atoms with Crippen LogP contribution in [-0.4, -0.2) is 25.5 Å². The van der Waals surface area contributed by atoms with Gasteiger partial charge in [-0.2, -0.15) is 0 Å². The van der Waals surface area contributed by atoms with Crippen LogP contribution in [0, 0.1) is 13.8 Å². The maximum absolute atomic E-state index is 13.7. The fourth-order valence-electron chi connectivity index (χ4n) is 3.77. The van der Waals surface area contributed by atoms with Crippen molar-refractivity contribution in [2.24, 2.45) is 0 Å². The smallest absolute Gasteiger partial charge is 0.282 e. The van der Waals surface area contributed by atoms with Crippen LogP contribution in [0.3, 0.4) is 0 Å². The molecule has 0 unspecified atom stereocenters. The van der Waals surface area contributed by atoms with E-state index in [-0.39, 0.29) is 5.70 Å². The lowest BCUT2D eigenvalue weighted by Crippen LogP contribution is -2.32. The number of imide groups is 1. The lowest BCUT2D eigenvalue weighted by atomic mass is 10.0. The van der Waals surface area contributed by atoms with E-state index in [4.69, 9.17) is 9.47 Å². The summed E-state index contributed by atoms with van der Waals surface area (Å²) in [4.78, 5) is 28.5. The molecule has 1 aliphatic heterocycles. The van der Waals surface area contributed by atoms with Crippen molar-refractivity contribution in [3.63, 3.8) is 0 Å². The van der Waals surface area contributed by atoms with E-state index in [1.807, 2.05) is 75.4 Å². The third-order valence-electron chi connectivity index (χ3n) is 5.43. The molecule has 6 heteroatoms. The molecule has 6 nitrogen and oxygen atoms in total. The summed E-state index contributed by atoms with van der Waals surface area (Å²) < 4.78 is 11.0. The van der Waals surface area contributed by atoms with Gasteiger partial charge in [0.05, 0.1) is 25.0 Å². The highest BCUT2D eigenvalue weighted by Crippen LogP contribution is 2.38. The van der Waals surface area contributed by atoms with E-state index in [1.54, 1.807) is 12.1 Å². The number of nitrogens with zero attached hydrogens (tertiary/aromatic N) is 1. The first kappa shape index (κ1) is 22.1. The normalized spacial score (nSPS) is 13.5. The van der Waals surface area contributed by atoms with Crippen molar-refractivity contribution in [2.75, 3.05) is 23.9 Å². The number of amides is 2. The Bertz CT molecular complexity index is 1230. The maximum Gasteiger partial charge on any atom is 0.282 e. The van der Waals surface area contributed by atoms with Crippen LogP contribution in [0.15, 0.2) is 72.4 Å². The van der Waals surface area contributed by atoms with Crippen molar-refractivity contribution < 1.29 is 19.1 Å². The van der Waals surface area contributed by atoms with Crippen LogP contribution in [0.25, 0.3) is 5.57 Å². The number of hydrogen-bond acceptors (Lipinski definition) is 5. The Labute approximate surface area is 193 Å². The van der Waals surface area contributed by atoms with Crippen molar-refractivity contribution in [1.82, 2.24) is 0 Å². The molecule has 1 heterocycles. The van der Waals surface area contributed by atoms with Gasteiger partial charge in [-0.1, -0.05) is 35.9 Å².